The first-order chi connectivity index (χ1) is 16.5. The van der Waals surface area contributed by atoms with Gasteiger partial charge in [-0.3, -0.25) is 0 Å². The van der Waals surface area contributed by atoms with Crippen molar-refractivity contribution >= 4 is 22.5 Å². The molecule has 1 saturated heterocycles. The molecule has 0 atom stereocenters. The summed E-state index contributed by atoms with van der Waals surface area (Å²) >= 11 is 0. The van der Waals surface area contributed by atoms with E-state index in [0.29, 0.717) is 28.4 Å². The summed E-state index contributed by atoms with van der Waals surface area (Å²) in [7, 11) is 1.58. The minimum Gasteiger partial charge on any atom is -0.479 e. The van der Waals surface area contributed by atoms with Crippen LogP contribution < -0.4 is 10.1 Å². The van der Waals surface area contributed by atoms with E-state index in [1.807, 2.05) is 18.3 Å². The molecular weight excluding hydrogens is 444 g/mol. The number of hydrogen-bond donors (Lipinski definition) is 1. The highest BCUT2D eigenvalue weighted by Gasteiger charge is 2.41. The lowest BCUT2D eigenvalue weighted by Crippen LogP contribution is -2.48. The van der Waals surface area contributed by atoms with E-state index >= 15 is 0 Å². The van der Waals surface area contributed by atoms with Gasteiger partial charge in [-0.2, -0.15) is 4.98 Å². The van der Waals surface area contributed by atoms with E-state index < -0.39 is 13.0 Å². The number of hydrogen-bond acceptors (Lipinski definition) is 7. The summed E-state index contributed by atoms with van der Waals surface area (Å²) in [6, 6.07) is 7.66. The molecule has 6 rings (SSSR count). The normalized spacial score (nSPS) is 22.5. The molecule has 1 N–H and O–H groups in total. The first-order valence-corrected chi connectivity index (χ1v) is 11.5. The van der Waals surface area contributed by atoms with E-state index in [1.54, 1.807) is 23.8 Å². The maximum absolute atomic E-state index is 12.9. The zero-order valence-electron chi connectivity index (χ0n) is 18.7. The van der Waals surface area contributed by atoms with Crippen molar-refractivity contribution in [1.82, 2.24) is 29.6 Å². The standard InChI is InChI=1S/C23H25F2N7O2/c1-33-21-20-16(14-2-3-17-18(12-14)32(30-28-17)13-19(24)25)6-10-31(20)29-22(27-21)26-15-4-7-23(8-5-15)9-11-34-23/h2-3,6,10,12,15,19H,4-5,7-9,11,13H2,1H3,(H,26,29)/t15-,23+. The van der Waals surface area contributed by atoms with Crippen LogP contribution in [0.25, 0.3) is 27.7 Å². The number of anilines is 1. The molecule has 0 bridgehead atoms. The molecule has 9 nitrogen and oxygen atoms in total. The Balaban J connectivity index is 1.31. The molecule has 178 valence electrons. The van der Waals surface area contributed by atoms with Crippen LogP contribution in [0.4, 0.5) is 14.7 Å². The highest BCUT2D eigenvalue weighted by atomic mass is 19.3. The van der Waals surface area contributed by atoms with Gasteiger partial charge in [-0.05, 0) is 55.9 Å². The van der Waals surface area contributed by atoms with E-state index in [2.05, 4.69) is 25.7 Å². The van der Waals surface area contributed by atoms with Crippen LogP contribution in [0.15, 0.2) is 30.5 Å². The number of rotatable bonds is 6. The van der Waals surface area contributed by atoms with Gasteiger partial charge in [-0.1, -0.05) is 11.3 Å². The van der Waals surface area contributed by atoms with Gasteiger partial charge in [0.2, 0.25) is 11.8 Å². The van der Waals surface area contributed by atoms with Gasteiger partial charge in [0.25, 0.3) is 6.43 Å². The minimum absolute atomic E-state index is 0.108. The number of aromatic nitrogens is 6. The predicted octanol–water partition coefficient (Wildman–Crippen LogP) is 3.93. The fourth-order valence-corrected chi connectivity index (χ4v) is 5.08. The Labute approximate surface area is 194 Å². The summed E-state index contributed by atoms with van der Waals surface area (Å²) in [6.07, 6.45) is 4.62. The van der Waals surface area contributed by atoms with E-state index in [0.717, 1.165) is 49.8 Å². The summed E-state index contributed by atoms with van der Waals surface area (Å²) in [5.41, 5.74) is 3.55. The summed E-state index contributed by atoms with van der Waals surface area (Å²) in [5, 5.41) is 16.0. The lowest BCUT2D eigenvalue weighted by molar-refractivity contribution is -0.165. The minimum atomic E-state index is -2.51. The van der Waals surface area contributed by atoms with Crippen LogP contribution in [0, 0.1) is 0 Å². The Morgan fingerprint density at radius 1 is 1.24 bits per heavy atom. The van der Waals surface area contributed by atoms with Gasteiger partial charge in [0.1, 0.15) is 17.6 Å². The predicted molar refractivity (Wildman–Crippen MR) is 121 cm³/mol. The Morgan fingerprint density at radius 2 is 2.06 bits per heavy atom. The van der Waals surface area contributed by atoms with Crippen LogP contribution in [0.5, 0.6) is 5.88 Å². The van der Waals surface area contributed by atoms with Gasteiger partial charge in [-0.15, -0.1) is 10.2 Å². The highest BCUT2D eigenvalue weighted by Crippen LogP contribution is 2.41. The fourth-order valence-electron chi connectivity index (χ4n) is 5.08. The van der Waals surface area contributed by atoms with Crippen LogP contribution >= 0.6 is 0 Å². The molecule has 1 aromatic carbocycles. The molecule has 34 heavy (non-hydrogen) atoms. The second-order valence-electron chi connectivity index (χ2n) is 9.03. The molecule has 0 radical (unpaired) electrons. The second kappa shape index (κ2) is 8.15. The SMILES string of the molecule is COc1nc(N[C@H]2CC[C@]3(CCO3)CC2)nn2ccc(-c3ccc4nnn(CC(F)F)c4c3)c12. The number of nitrogens with one attached hydrogen (secondary N) is 1. The molecule has 3 aromatic heterocycles. The maximum atomic E-state index is 12.9. The highest BCUT2D eigenvalue weighted by molar-refractivity contribution is 5.89. The van der Waals surface area contributed by atoms with Crippen LogP contribution in [-0.2, 0) is 11.3 Å². The van der Waals surface area contributed by atoms with E-state index in [9.17, 15) is 8.78 Å². The lowest BCUT2D eigenvalue weighted by atomic mass is 9.77. The third kappa shape index (κ3) is 3.64. The molecule has 11 heteroatoms. The number of ether oxygens (including phenoxy) is 2. The first kappa shape index (κ1) is 21.2. The summed E-state index contributed by atoms with van der Waals surface area (Å²) in [4.78, 5) is 4.63. The Hall–Kier alpha value is -3.34. The molecule has 1 aliphatic carbocycles. The zero-order valence-corrected chi connectivity index (χ0v) is 18.7. The van der Waals surface area contributed by atoms with Crippen molar-refractivity contribution in [3.8, 4) is 17.0 Å². The molecule has 0 amide bonds. The second-order valence-corrected chi connectivity index (χ2v) is 9.03. The number of benzene rings is 1. The lowest BCUT2D eigenvalue weighted by Gasteiger charge is -2.46. The number of fused-ring (bicyclic) bond motifs is 2. The van der Waals surface area contributed by atoms with Gasteiger partial charge in [0.15, 0.2) is 0 Å². The van der Waals surface area contributed by atoms with E-state index in [1.165, 1.54) is 4.68 Å². The van der Waals surface area contributed by atoms with Gasteiger partial charge >= 0.3 is 0 Å². The quantitative estimate of drug-likeness (QED) is 0.458. The van der Waals surface area contributed by atoms with Crippen LogP contribution in [-0.4, -0.2) is 61.4 Å². The van der Waals surface area contributed by atoms with Gasteiger partial charge in [-0.25, -0.2) is 18.0 Å². The van der Waals surface area contributed by atoms with Crippen molar-refractivity contribution in [1.29, 1.82) is 0 Å². The van der Waals surface area contributed by atoms with Gasteiger partial charge in [0.05, 0.1) is 24.8 Å². The molecule has 1 saturated carbocycles. The van der Waals surface area contributed by atoms with Gasteiger partial charge in [0, 0.05) is 17.8 Å². The Morgan fingerprint density at radius 3 is 2.76 bits per heavy atom. The number of halogens is 2. The third-order valence-corrected chi connectivity index (χ3v) is 7.00. The molecule has 1 aliphatic heterocycles. The number of alkyl halides is 2. The van der Waals surface area contributed by atoms with Crippen molar-refractivity contribution in [2.75, 3.05) is 19.0 Å². The molecule has 2 fully saturated rings. The molecule has 2 aliphatic rings. The molecule has 1 spiro atoms. The Bertz CT molecular complexity index is 1340. The van der Waals surface area contributed by atoms with Crippen molar-refractivity contribution in [3.63, 3.8) is 0 Å². The van der Waals surface area contributed by atoms with Gasteiger partial charge < -0.3 is 14.8 Å². The van der Waals surface area contributed by atoms with Crippen LogP contribution in [0.2, 0.25) is 0 Å². The van der Waals surface area contributed by atoms with Crippen molar-refractivity contribution in [2.24, 2.45) is 0 Å². The Kier molecular flexibility index (Phi) is 5.09. The fraction of sp³-hybridized carbons (Fsp3) is 0.478. The van der Waals surface area contributed by atoms with Crippen LogP contribution in [0.1, 0.15) is 32.1 Å². The van der Waals surface area contributed by atoms with Crippen molar-refractivity contribution < 1.29 is 18.3 Å². The number of nitrogens with zero attached hydrogens (tertiary/aromatic N) is 6. The van der Waals surface area contributed by atoms with E-state index in [-0.39, 0.29) is 11.6 Å². The number of methoxy groups -OCH3 is 1. The maximum Gasteiger partial charge on any atom is 0.258 e. The molecule has 4 aromatic rings. The zero-order chi connectivity index (χ0) is 23.3. The largest absolute Gasteiger partial charge is 0.479 e. The topological polar surface area (TPSA) is 91.4 Å². The molecule has 4 heterocycles. The monoisotopic (exact) mass is 469 g/mol. The average molecular weight is 469 g/mol. The summed E-state index contributed by atoms with van der Waals surface area (Å²) in [5.74, 6) is 0.947. The van der Waals surface area contributed by atoms with Crippen LogP contribution in [0.3, 0.4) is 0 Å². The third-order valence-electron chi connectivity index (χ3n) is 7.00. The van der Waals surface area contributed by atoms with Crippen molar-refractivity contribution in [3.05, 3.63) is 30.5 Å². The first-order valence-electron chi connectivity index (χ1n) is 11.5. The smallest absolute Gasteiger partial charge is 0.258 e. The molecular formula is C23H25F2N7O2. The average Bonchev–Trinajstić information content (AvgIpc) is 3.41. The summed E-state index contributed by atoms with van der Waals surface area (Å²) in [6.45, 7) is 0.370. The summed E-state index contributed by atoms with van der Waals surface area (Å²) < 4.78 is 40.3. The molecule has 0 unspecified atom stereocenters. The van der Waals surface area contributed by atoms with Crippen molar-refractivity contribution in [2.45, 2.75) is 56.7 Å². The van der Waals surface area contributed by atoms with E-state index in [4.69, 9.17) is 9.47 Å².